The normalized spacial score (nSPS) is 15.1. The van der Waals surface area contributed by atoms with E-state index < -0.39 is 0 Å². The van der Waals surface area contributed by atoms with E-state index in [2.05, 4.69) is 41.3 Å². The van der Waals surface area contributed by atoms with Gasteiger partial charge in [0.1, 0.15) is 6.33 Å². The second-order valence-corrected chi connectivity index (χ2v) is 4.66. The Morgan fingerprint density at radius 3 is 2.87 bits per heavy atom. The van der Waals surface area contributed by atoms with Gasteiger partial charge in [-0.25, -0.2) is 4.98 Å². The zero-order valence-electron chi connectivity index (χ0n) is 9.66. The van der Waals surface area contributed by atoms with Gasteiger partial charge in [0, 0.05) is 11.8 Å². The third-order valence-corrected chi connectivity index (χ3v) is 3.59. The van der Waals surface area contributed by atoms with Crippen LogP contribution in [-0.2, 0) is 0 Å². The summed E-state index contributed by atoms with van der Waals surface area (Å²) in [6.45, 7) is 7.68. The summed E-state index contributed by atoms with van der Waals surface area (Å²) in [4.78, 5) is 4.10. The highest BCUT2D eigenvalue weighted by molar-refractivity contribution is 7.99. The number of H-pyrrole nitrogens is 1. The van der Waals surface area contributed by atoms with Gasteiger partial charge in [-0.3, -0.25) is 5.10 Å². The summed E-state index contributed by atoms with van der Waals surface area (Å²) < 4.78 is 0. The van der Waals surface area contributed by atoms with Crippen LogP contribution in [0.3, 0.4) is 0 Å². The van der Waals surface area contributed by atoms with Crippen molar-refractivity contribution in [2.75, 3.05) is 12.3 Å². The van der Waals surface area contributed by atoms with E-state index in [4.69, 9.17) is 0 Å². The molecule has 15 heavy (non-hydrogen) atoms. The minimum atomic E-state index is 0.551. The maximum absolute atomic E-state index is 4.10. The summed E-state index contributed by atoms with van der Waals surface area (Å²) in [7, 11) is 0. The fraction of sp³-hybridized carbons (Fsp3) is 0.800. The highest BCUT2D eigenvalue weighted by Gasteiger charge is 2.15. The van der Waals surface area contributed by atoms with Gasteiger partial charge in [0.2, 0.25) is 0 Å². The Morgan fingerprint density at radius 2 is 2.33 bits per heavy atom. The molecule has 0 radical (unpaired) electrons. The van der Waals surface area contributed by atoms with E-state index in [1.54, 1.807) is 18.1 Å². The fourth-order valence-electron chi connectivity index (χ4n) is 1.40. The van der Waals surface area contributed by atoms with Crippen molar-refractivity contribution in [3.8, 4) is 0 Å². The van der Waals surface area contributed by atoms with E-state index >= 15 is 0 Å². The van der Waals surface area contributed by atoms with Gasteiger partial charge in [0.15, 0.2) is 5.16 Å². The number of aromatic amines is 1. The molecule has 0 bridgehead atoms. The molecule has 5 heteroatoms. The molecule has 0 fully saturated rings. The minimum absolute atomic E-state index is 0.551. The Balaban J connectivity index is 2.37. The lowest BCUT2D eigenvalue weighted by Crippen LogP contribution is -2.36. The first-order chi connectivity index (χ1) is 7.27. The third-order valence-electron chi connectivity index (χ3n) is 2.59. The molecule has 2 atom stereocenters. The number of aromatic nitrogens is 3. The first kappa shape index (κ1) is 12.5. The number of nitrogens with one attached hydrogen (secondary N) is 2. The van der Waals surface area contributed by atoms with Crippen LogP contribution in [-0.4, -0.2) is 33.5 Å². The SMILES string of the molecule is CCNC(CSc1ncn[nH]1)C(C)CC. The van der Waals surface area contributed by atoms with E-state index in [1.807, 2.05) is 0 Å². The molecule has 1 rings (SSSR count). The summed E-state index contributed by atoms with van der Waals surface area (Å²) in [6.07, 6.45) is 2.75. The largest absolute Gasteiger partial charge is 0.313 e. The summed E-state index contributed by atoms with van der Waals surface area (Å²) in [5.41, 5.74) is 0. The lowest BCUT2D eigenvalue weighted by atomic mass is 10.0. The third kappa shape index (κ3) is 4.22. The molecule has 0 aliphatic heterocycles. The molecule has 0 aliphatic rings. The molecule has 1 aromatic heterocycles. The second kappa shape index (κ2) is 6.85. The van der Waals surface area contributed by atoms with Gasteiger partial charge >= 0.3 is 0 Å². The van der Waals surface area contributed by atoms with Gasteiger partial charge in [-0.2, -0.15) is 5.10 Å². The Labute approximate surface area is 95.6 Å². The van der Waals surface area contributed by atoms with E-state index in [0.29, 0.717) is 12.0 Å². The summed E-state index contributed by atoms with van der Waals surface area (Å²) >= 11 is 1.73. The van der Waals surface area contributed by atoms with Crippen molar-refractivity contribution in [1.82, 2.24) is 20.5 Å². The van der Waals surface area contributed by atoms with Crippen LogP contribution in [0, 0.1) is 5.92 Å². The number of nitrogens with zero attached hydrogens (tertiary/aromatic N) is 2. The van der Waals surface area contributed by atoms with Crippen molar-refractivity contribution in [3.05, 3.63) is 6.33 Å². The minimum Gasteiger partial charge on any atom is -0.313 e. The smallest absolute Gasteiger partial charge is 0.183 e. The lowest BCUT2D eigenvalue weighted by Gasteiger charge is -2.22. The van der Waals surface area contributed by atoms with Crippen LogP contribution < -0.4 is 5.32 Å². The van der Waals surface area contributed by atoms with E-state index in [1.165, 1.54) is 6.42 Å². The number of hydrogen-bond acceptors (Lipinski definition) is 4. The molecule has 0 saturated heterocycles. The van der Waals surface area contributed by atoms with Crippen molar-refractivity contribution in [2.45, 2.75) is 38.4 Å². The zero-order chi connectivity index (χ0) is 11.1. The Hall–Kier alpha value is -0.550. The van der Waals surface area contributed by atoms with Crippen LogP contribution in [0.25, 0.3) is 0 Å². The molecular formula is C10H20N4S. The van der Waals surface area contributed by atoms with Crippen molar-refractivity contribution in [2.24, 2.45) is 5.92 Å². The average Bonchev–Trinajstić information content (AvgIpc) is 2.76. The van der Waals surface area contributed by atoms with E-state index in [0.717, 1.165) is 17.5 Å². The number of rotatable bonds is 7. The molecule has 1 heterocycles. The Morgan fingerprint density at radius 1 is 1.53 bits per heavy atom. The lowest BCUT2D eigenvalue weighted by molar-refractivity contribution is 0.404. The quantitative estimate of drug-likeness (QED) is 0.700. The van der Waals surface area contributed by atoms with Crippen molar-refractivity contribution in [3.63, 3.8) is 0 Å². The van der Waals surface area contributed by atoms with Crippen molar-refractivity contribution < 1.29 is 0 Å². The standard InChI is InChI=1S/C10H20N4S/c1-4-8(3)9(11-5-2)6-15-10-12-7-13-14-10/h7-9,11H,4-6H2,1-3H3,(H,12,13,14). The van der Waals surface area contributed by atoms with Crippen LogP contribution in [0.5, 0.6) is 0 Å². The van der Waals surface area contributed by atoms with Crippen molar-refractivity contribution in [1.29, 1.82) is 0 Å². The van der Waals surface area contributed by atoms with Gasteiger partial charge in [0.25, 0.3) is 0 Å². The highest BCUT2D eigenvalue weighted by atomic mass is 32.2. The Bertz CT molecular complexity index is 250. The van der Waals surface area contributed by atoms with Gasteiger partial charge in [0.05, 0.1) is 0 Å². The van der Waals surface area contributed by atoms with Crippen LogP contribution in [0.15, 0.2) is 11.5 Å². The topological polar surface area (TPSA) is 53.6 Å². The van der Waals surface area contributed by atoms with Crippen LogP contribution >= 0.6 is 11.8 Å². The maximum atomic E-state index is 4.10. The fourth-order valence-corrected chi connectivity index (χ4v) is 2.43. The average molecular weight is 228 g/mol. The van der Waals surface area contributed by atoms with Gasteiger partial charge < -0.3 is 5.32 Å². The Kier molecular flexibility index (Phi) is 5.71. The molecule has 0 spiro atoms. The maximum Gasteiger partial charge on any atom is 0.183 e. The molecule has 2 N–H and O–H groups in total. The molecule has 2 unspecified atom stereocenters. The molecule has 1 aromatic rings. The monoisotopic (exact) mass is 228 g/mol. The van der Waals surface area contributed by atoms with Gasteiger partial charge in [-0.05, 0) is 12.5 Å². The zero-order valence-corrected chi connectivity index (χ0v) is 10.5. The predicted molar refractivity (Wildman–Crippen MR) is 64.0 cm³/mol. The number of hydrogen-bond donors (Lipinski definition) is 2. The first-order valence-corrected chi connectivity index (χ1v) is 6.48. The van der Waals surface area contributed by atoms with Crippen molar-refractivity contribution >= 4 is 11.8 Å². The summed E-state index contributed by atoms with van der Waals surface area (Å²) in [5.74, 6) is 1.73. The molecular weight excluding hydrogens is 208 g/mol. The van der Waals surface area contributed by atoms with Gasteiger partial charge in [-0.1, -0.05) is 39.0 Å². The summed E-state index contributed by atoms with van der Waals surface area (Å²) in [5, 5.41) is 11.1. The van der Waals surface area contributed by atoms with Crippen LogP contribution in [0.2, 0.25) is 0 Å². The molecule has 0 aliphatic carbocycles. The molecule has 0 amide bonds. The number of thioether (sulfide) groups is 1. The molecule has 0 aromatic carbocycles. The van der Waals surface area contributed by atoms with Crippen LogP contribution in [0.1, 0.15) is 27.2 Å². The van der Waals surface area contributed by atoms with E-state index in [-0.39, 0.29) is 0 Å². The second-order valence-electron chi connectivity index (χ2n) is 3.65. The predicted octanol–water partition coefficient (Wildman–Crippen LogP) is 1.92. The van der Waals surface area contributed by atoms with Gasteiger partial charge in [-0.15, -0.1) is 0 Å². The molecule has 86 valence electrons. The first-order valence-electron chi connectivity index (χ1n) is 5.49. The molecule has 4 nitrogen and oxygen atoms in total. The molecule has 0 saturated carbocycles. The summed E-state index contributed by atoms with van der Waals surface area (Å²) in [6, 6.07) is 0.551. The van der Waals surface area contributed by atoms with E-state index in [9.17, 15) is 0 Å². The van der Waals surface area contributed by atoms with Crippen LogP contribution in [0.4, 0.5) is 0 Å². The highest BCUT2D eigenvalue weighted by Crippen LogP contribution is 2.17.